The molecule has 34 heavy (non-hydrogen) atoms. The molecule has 2 aliphatic heterocycles. The second-order valence-corrected chi connectivity index (χ2v) is 9.69. The number of fused-ring (bicyclic) bond motifs is 1. The Labute approximate surface area is 199 Å². The van der Waals surface area contributed by atoms with E-state index in [0.717, 1.165) is 44.4 Å². The van der Waals surface area contributed by atoms with Gasteiger partial charge in [0.15, 0.2) is 0 Å². The van der Waals surface area contributed by atoms with E-state index < -0.39 is 17.7 Å². The highest BCUT2D eigenvalue weighted by Gasteiger charge is 2.35. The van der Waals surface area contributed by atoms with Crippen molar-refractivity contribution < 1.29 is 24.2 Å². The summed E-state index contributed by atoms with van der Waals surface area (Å²) >= 11 is 0. The molecule has 0 saturated carbocycles. The number of pyridine rings is 1. The molecule has 1 aromatic heterocycles. The molecule has 1 N–H and O–H groups in total. The Bertz CT molecular complexity index is 1070. The third-order valence-corrected chi connectivity index (χ3v) is 5.80. The molecule has 8 heteroatoms. The molecule has 1 fully saturated rings. The van der Waals surface area contributed by atoms with Gasteiger partial charge in [-0.25, -0.2) is 14.6 Å². The molecule has 0 unspecified atom stereocenters. The number of hydrogen-bond donors (Lipinski definition) is 1. The van der Waals surface area contributed by atoms with Crippen molar-refractivity contribution in [3.05, 3.63) is 59.3 Å². The van der Waals surface area contributed by atoms with E-state index in [-0.39, 0.29) is 6.04 Å². The van der Waals surface area contributed by atoms with Crippen molar-refractivity contribution >= 4 is 24.0 Å². The molecule has 180 valence electrons. The second kappa shape index (κ2) is 9.85. The number of ether oxygens (including phenoxy) is 2. The number of carbonyl (C=O) groups excluding carboxylic acids is 1. The van der Waals surface area contributed by atoms with E-state index in [2.05, 4.69) is 22.0 Å². The van der Waals surface area contributed by atoms with Gasteiger partial charge >= 0.3 is 12.1 Å². The largest absolute Gasteiger partial charge is 0.493 e. The van der Waals surface area contributed by atoms with E-state index in [1.54, 1.807) is 23.2 Å². The lowest BCUT2D eigenvalue weighted by atomic mass is 10.1. The number of carboxylic acids is 1. The summed E-state index contributed by atoms with van der Waals surface area (Å²) in [6.45, 7) is 8.64. The fourth-order valence-electron chi connectivity index (χ4n) is 4.31. The van der Waals surface area contributed by atoms with Gasteiger partial charge in [-0.2, -0.15) is 0 Å². The Hall–Kier alpha value is -3.39. The van der Waals surface area contributed by atoms with Crippen molar-refractivity contribution in [2.45, 2.75) is 51.8 Å². The molecular weight excluding hydrogens is 434 g/mol. The zero-order valence-corrected chi connectivity index (χ0v) is 19.9. The highest BCUT2D eigenvalue weighted by atomic mass is 16.6. The molecule has 0 aliphatic carbocycles. The van der Waals surface area contributed by atoms with Gasteiger partial charge in [0.25, 0.3) is 0 Å². The first kappa shape index (κ1) is 23.8. The number of benzene rings is 1. The maximum atomic E-state index is 13.2. The summed E-state index contributed by atoms with van der Waals surface area (Å²) in [6, 6.07) is 9.76. The molecule has 0 spiro atoms. The summed E-state index contributed by atoms with van der Waals surface area (Å²) in [5.74, 6) is 0.441. The number of hydrogen-bond acceptors (Lipinski definition) is 6. The Morgan fingerprint density at radius 2 is 2.12 bits per heavy atom. The lowest BCUT2D eigenvalue weighted by molar-refractivity contribution is -0.131. The fourth-order valence-corrected chi connectivity index (χ4v) is 4.31. The number of amides is 1. The maximum Gasteiger partial charge on any atom is 0.416 e. The van der Waals surface area contributed by atoms with Crippen LogP contribution in [0.4, 0.5) is 10.6 Å². The first-order valence-corrected chi connectivity index (χ1v) is 11.5. The summed E-state index contributed by atoms with van der Waals surface area (Å²) < 4.78 is 11.3. The first-order chi connectivity index (χ1) is 16.2. The van der Waals surface area contributed by atoms with Crippen LogP contribution in [0.2, 0.25) is 0 Å². The molecule has 1 aromatic carbocycles. The quantitative estimate of drug-likeness (QED) is 0.641. The number of carboxylic acid groups (broad SMARTS) is 1. The minimum atomic E-state index is -1.03. The molecule has 4 rings (SSSR count). The Balaban J connectivity index is 1.50. The molecule has 3 heterocycles. The topological polar surface area (TPSA) is 92.2 Å². The average molecular weight is 466 g/mol. The van der Waals surface area contributed by atoms with Crippen molar-refractivity contribution in [1.29, 1.82) is 0 Å². The van der Waals surface area contributed by atoms with E-state index in [4.69, 9.17) is 14.6 Å². The fraction of sp³-hybridized carbons (Fsp3) is 0.423. The van der Waals surface area contributed by atoms with E-state index >= 15 is 0 Å². The van der Waals surface area contributed by atoms with Crippen molar-refractivity contribution in [2.24, 2.45) is 0 Å². The standard InChI is InChI=1S/C26H31N3O5/c1-26(2,3)34-25(32)29(23-8-5-18(15-27-23)6-9-24(30)31)21-10-12-28(17-21)16-19-4-7-22-20(14-19)11-13-33-22/h4-9,14-15,21H,10-13,16-17H2,1-3H3,(H,30,31)/t21-/m1/s1. The van der Waals surface area contributed by atoms with Crippen LogP contribution in [0.3, 0.4) is 0 Å². The van der Waals surface area contributed by atoms with Crippen LogP contribution in [-0.4, -0.2) is 58.4 Å². The molecule has 1 saturated heterocycles. The Kier molecular flexibility index (Phi) is 6.88. The summed E-state index contributed by atoms with van der Waals surface area (Å²) in [5, 5.41) is 8.83. The lowest BCUT2D eigenvalue weighted by Crippen LogP contribution is -2.45. The van der Waals surface area contributed by atoms with E-state index in [1.165, 1.54) is 17.2 Å². The molecule has 8 nitrogen and oxygen atoms in total. The minimum absolute atomic E-state index is 0.0828. The third-order valence-electron chi connectivity index (χ3n) is 5.80. The number of carbonyl (C=O) groups is 2. The zero-order valence-electron chi connectivity index (χ0n) is 19.9. The molecule has 1 amide bonds. The number of likely N-dealkylation sites (tertiary alicyclic amines) is 1. The molecular formula is C26H31N3O5. The molecule has 0 radical (unpaired) electrons. The highest BCUT2D eigenvalue weighted by molar-refractivity contribution is 5.88. The minimum Gasteiger partial charge on any atom is -0.493 e. The van der Waals surface area contributed by atoms with Gasteiger partial charge in [-0.05, 0) is 68.2 Å². The highest BCUT2D eigenvalue weighted by Crippen LogP contribution is 2.29. The summed E-state index contributed by atoms with van der Waals surface area (Å²) in [7, 11) is 0. The second-order valence-electron chi connectivity index (χ2n) is 9.69. The first-order valence-electron chi connectivity index (χ1n) is 11.5. The lowest BCUT2D eigenvalue weighted by Gasteiger charge is -2.31. The van der Waals surface area contributed by atoms with Crippen LogP contribution in [0.25, 0.3) is 6.08 Å². The van der Waals surface area contributed by atoms with Gasteiger partial charge in [0.05, 0.1) is 12.6 Å². The normalized spacial score (nSPS) is 18.0. The van der Waals surface area contributed by atoms with E-state index in [9.17, 15) is 9.59 Å². The number of aromatic nitrogens is 1. The van der Waals surface area contributed by atoms with Crippen molar-refractivity contribution in [3.8, 4) is 5.75 Å². The van der Waals surface area contributed by atoms with Gasteiger partial charge in [0, 0.05) is 38.3 Å². The third kappa shape index (κ3) is 5.94. The van der Waals surface area contributed by atoms with E-state index in [0.29, 0.717) is 17.9 Å². The SMILES string of the molecule is CC(C)(C)OC(=O)N(c1ccc(C=CC(=O)O)cn1)[C@@H]1CCN(Cc2ccc3c(c2)CCO3)C1. The smallest absolute Gasteiger partial charge is 0.416 e. The molecule has 2 aromatic rings. The number of rotatable bonds is 6. The van der Waals surface area contributed by atoms with Crippen LogP contribution < -0.4 is 9.64 Å². The Morgan fingerprint density at radius 1 is 1.29 bits per heavy atom. The molecule has 1 atom stereocenters. The number of aliphatic carboxylic acids is 1. The van der Waals surface area contributed by atoms with Gasteiger partial charge in [-0.15, -0.1) is 0 Å². The van der Waals surface area contributed by atoms with Crippen molar-refractivity contribution in [1.82, 2.24) is 9.88 Å². The summed E-state index contributed by atoms with van der Waals surface area (Å²) in [4.78, 5) is 32.4. The van der Waals surface area contributed by atoms with Gasteiger partial charge in [0.2, 0.25) is 0 Å². The van der Waals surface area contributed by atoms with Crippen LogP contribution in [0.1, 0.15) is 43.9 Å². The van der Waals surface area contributed by atoms with Crippen molar-refractivity contribution in [3.63, 3.8) is 0 Å². The summed E-state index contributed by atoms with van der Waals surface area (Å²) in [6.07, 6.45) is 5.40. The van der Waals surface area contributed by atoms with Gasteiger partial charge in [0.1, 0.15) is 17.2 Å². The van der Waals surface area contributed by atoms with Gasteiger partial charge in [-0.1, -0.05) is 12.1 Å². The van der Waals surface area contributed by atoms with Gasteiger partial charge in [-0.3, -0.25) is 9.80 Å². The predicted octanol–water partition coefficient (Wildman–Crippen LogP) is 4.13. The number of anilines is 1. The monoisotopic (exact) mass is 465 g/mol. The Morgan fingerprint density at radius 3 is 2.82 bits per heavy atom. The van der Waals surface area contributed by atoms with Crippen LogP contribution >= 0.6 is 0 Å². The van der Waals surface area contributed by atoms with Crippen LogP contribution in [0.5, 0.6) is 5.75 Å². The van der Waals surface area contributed by atoms with Crippen LogP contribution in [0.15, 0.2) is 42.6 Å². The average Bonchev–Trinajstić information content (AvgIpc) is 3.41. The van der Waals surface area contributed by atoms with Crippen molar-refractivity contribution in [2.75, 3.05) is 24.6 Å². The maximum absolute atomic E-state index is 13.2. The number of nitrogens with zero attached hydrogens (tertiary/aromatic N) is 3. The summed E-state index contributed by atoms with van der Waals surface area (Å²) in [5.41, 5.74) is 2.50. The molecule has 0 bridgehead atoms. The predicted molar refractivity (Wildman–Crippen MR) is 129 cm³/mol. The van der Waals surface area contributed by atoms with Crippen LogP contribution in [0, 0.1) is 0 Å². The van der Waals surface area contributed by atoms with Gasteiger partial charge < -0.3 is 14.6 Å². The zero-order chi connectivity index (χ0) is 24.3. The molecule has 2 aliphatic rings. The van der Waals surface area contributed by atoms with E-state index in [1.807, 2.05) is 26.8 Å². The van der Waals surface area contributed by atoms with Crippen LogP contribution in [-0.2, 0) is 22.5 Å².